The van der Waals surface area contributed by atoms with E-state index >= 15 is 0 Å². The van der Waals surface area contributed by atoms with E-state index in [0.717, 1.165) is 33.5 Å². The fraction of sp³-hybridized carbons (Fsp3) is 0.148. The van der Waals surface area contributed by atoms with Crippen molar-refractivity contribution in [3.8, 4) is 28.9 Å². The van der Waals surface area contributed by atoms with E-state index < -0.39 is 0 Å². The summed E-state index contributed by atoms with van der Waals surface area (Å²) in [7, 11) is 1.89. The zero-order chi connectivity index (χ0) is 26.7. The Bertz CT molecular complexity index is 1880. The van der Waals surface area contributed by atoms with Gasteiger partial charge in [0.25, 0.3) is 0 Å². The first-order valence-electron chi connectivity index (χ1n) is 12.1. The fourth-order valence-electron chi connectivity index (χ4n) is 4.86. The minimum Gasteiger partial charge on any atom is -0.487 e. The second-order valence-electron chi connectivity index (χ2n) is 9.28. The van der Waals surface area contributed by atoms with Crippen LogP contribution in [0.1, 0.15) is 33.9 Å². The SMILES string of the molecule is Cc1[nH]nc2c1[C@@H](c1cnn(C)c1)c1c(ncn3nc(-c4cccc(COc5ccc(Cl)cc5Cl)c4)nc13)O2. The first-order valence-corrected chi connectivity index (χ1v) is 12.8. The van der Waals surface area contributed by atoms with Gasteiger partial charge in [-0.3, -0.25) is 9.78 Å². The molecule has 0 saturated carbocycles. The Kier molecular flexibility index (Phi) is 5.53. The van der Waals surface area contributed by atoms with Gasteiger partial charge in [0.05, 0.1) is 22.7 Å². The summed E-state index contributed by atoms with van der Waals surface area (Å²) in [5.74, 6) is 1.82. The lowest BCUT2D eigenvalue weighted by atomic mass is 9.86. The van der Waals surface area contributed by atoms with E-state index in [1.807, 2.05) is 50.6 Å². The Morgan fingerprint density at radius 1 is 1.10 bits per heavy atom. The number of aromatic nitrogens is 8. The number of nitrogens with zero attached hydrogens (tertiary/aromatic N) is 7. The van der Waals surface area contributed by atoms with Crippen molar-refractivity contribution in [1.82, 2.24) is 39.6 Å². The van der Waals surface area contributed by atoms with E-state index in [1.54, 1.807) is 33.7 Å². The third-order valence-electron chi connectivity index (χ3n) is 6.65. The first kappa shape index (κ1) is 23.7. The molecule has 6 aromatic rings. The summed E-state index contributed by atoms with van der Waals surface area (Å²) < 4.78 is 15.5. The number of H-pyrrole nitrogens is 1. The summed E-state index contributed by atoms with van der Waals surface area (Å²) >= 11 is 12.3. The molecule has 0 saturated heterocycles. The number of hydrogen-bond acceptors (Lipinski definition) is 7. The van der Waals surface area contributed by atoms with Crippen molar-refractivity contribution in [3.05, 3.63) is 99.2 Å². The number of nitrogens with one attached hydrogen (secondary N) is 1. The van der Waals surface area contributed by atoms with Gasteiger partial charge in [0.1, 0.15) is 18.7 Å². The van der Waals surface area contributed by atoms with Crippen molar-refractivity contribution in [2.45, 2.75) is 19.4 Å². The highest BCUT2D eigenvalue weighted by molar-refractivity contribution is 6.35. The highest BCUT2D eigenvalue weighted by Gasteiger charge is 2.37. The smallest absolute Gasteiger partial charge is 0.244 e. The van der Waals surface area contributed by atoms with Gasteiger partial charge < -0.3 is 9.47 Å². The van der Waals surface area contributed by atoms with Gasteiger partial charge in [-0.25, -0.2) is 14.5 Å². The van der Waals surface area contributed by atoms with Crippen LogP contribution in [0.5, 0.6) is 17.5 Å². The van der Waals surface area contributed by atoms with Crippen molar-refractivity contribution >= 4 is 28.8 Å². The Balaban J connectivity index is 1.28. The highest BCUT2D eigenvalue weighted by atomic mass is 35.5. The zero-order valence-electron chi connectivity index (χ0n) is 20.8. The number of aryl methyl sites for hydroxylation is 2. The molecule has 0 bridgehead atoms. The molecule has 1 aliphatic rings. The third-order valence-corrected chi connectivity index (χ3v) is 7.18. The standard InChI is InChI=1S/C27H20Cl2N8O2/c1-14-21-22(17-10-31-36(2)11-17)23-25-32-24(35-37(25)13-30-26(23)39-27(21)34-33-14)16-5-3-4-15(8-16)12-38-20-7-6-18(28)9-19(20)29/h3-11,13,22H,12H2,1-2H3,(H,33,34)/t22-/m1/s1. The maximum Gasteiger partial charge on any atom is 0.244 e. The molecule has 10 nitrogen and oxygen atoms in total. The van der Waals surface area contributed by atoms with Crippen LogP contribution in [0.3, 0.4) is 0 Å². The second-order valence-corrected chi connectivity index (χ2v) is 10.1. The lowest BCUT2D eigenvalue weighted by molar-refractivity contribution is 0.306. The van der Waals surface area contributed by atoms with Crippen LogP contribution in [0.25, 0.3) is 17.0 Å². The molecule has 0 spiro atoms. The van der Waals surface area contributed by atoms with E-state index in [1.165, 1.54) is 0 Å². The molecule has 194 valence electrons. The fourth-order valence-corrected chi connectivity index (χ4v) is 5.32. The summed E-state index contributed by atoms with van der Waals surface area (Å²) in [5.41, 5.74) is 6.03. The van der Waals surface area contributed by atoms with Crippen LogP contribution in [0, 0.1) is 6.92 Å². The van der Waals surface area contributed by atoms with Crippen molar-refractivity contribution in [2.24, 2.45) is 7.05 Å². The van der Waals surface area contributed by atoms with E-state index in [2.05, 4.69) is 20.3 Å². The van der Waals surface area contributed by atoms with Crippen LogP contribution in [0.4, 0.5) is 0 Å². The van der Waals surface area contributed by atoms with E-state index in [9.17, 15) is 0 Å². The number of aromatic amines is 1. The molecular weight excluding hydrogens is 539 g/mol. The van der Waals surface area contributed by atoms with E-state index in [0.29, 0.717) is 45.6 Å². The molecular formula is C27H20Cl2N8O2. The molecule has 1 atom stereocenters. The molecule has 0 unspecified atom stereocenters. The molecule has 1 aliphatic heterocycles. The Labute approximate surface area is 232 Å². The Morgan fingerprint density at radius 2 is 2.00 bits per heavy atom. The Hall–Kier alpha value is -4.41. The van der Waals surface area contributed by atoms with Crippen LogP contribution >= 0.6 is 23.2 Å². The molecule has 5 heterocycles. The molecule has 4 aromatic heterocycles. The van der Waals surface area contributed by atoms with Gasteiger partial charge in [-0.15, -0.1) is 10.2 Å². The van der Waals surface area contributed by atoms with Crippen LogP contribution in [0.15, 0.2) is 61.2 Å². The molecule has 39 heavy (non-hydrogen) atoms. The lowest BCUT2D eigenvalue weighted by Gasteiger charge is -2.24. The number of fused-ring (bicyclic) bond motifs is 4. The summed E-state index contributed by atoms with van der Waals surface area (Å²) in [5, 5.41) is 17.5. The van der Waals surface area contributed by atoms with Gasteiger partial charge in [0, 0.05) is 40.7 Å². The summed E-state index contributed by atoms with van der Waals surface area (Å²) in [6.45, 7) is 2.29. The highest BCUT2D eigenvalue weighted by Crippen LogP contribution is 2.48. The molecule has 0 aliphatic carbocycles. The molecule has 12 heteroatoms. The lowest BCUT2D eigenvalue weighted by Crippen LogP contribution is -2.14. The maximum absolute atomic E-state index is 6.26. The number of rotatable bonds is 5. The predicted octanol–water partition coefficient (Wildman–Crippen LogP) is 5.73. The van der Waals surface area contributed by atoms with Crippen LogP contribution in [0.2, 0.25) is 10.0 Å². The molecule has 0 amide bonds. The summed E-state index contributed by atoms with van der Waals surface area (Å²) in [6, 6.07) is 13.0. The van der Waals surface area contributed by atoms with Gasteiger partial charge in [-0.1, -0.05) is 41.4 Å². The normalized spacial score (nSPS) is 14.2. The average Bonchev–Trinajstić information content (AvgIpc) is 3.65. The van der Waals surface area contributed by atoms with Crippen LogP contribution in [-0.4, -0.2) is 39.6 Å². The molecule has 0 radical (unpaired) electrons. The van der Waals surface area contributed by atoms with Crippen LogP contribution < -0.4 is 9.47 Å². The van der Waals surface area contributed by atoms with Crippen molar-refractivity contribution in [3.63, 3.8) is 0 Å². The van der Waals surface area contributed by atoms with E-state index in [4.69, 9.17) is 42.8 Å². The quantitative estimate of drug-likeness (QED) is 0.287. The van der Waals surface area contributed by atoms with Gasteiger partial charge in [0.2, 0.25) is 11.8 Å². The first-order chi connectivity index (χ1) is 18.9. The molecule has 0 fully saturated rings. The molecule has 2 aromatic carbocycles. The van der Waals surface area contributed by atoms with Crippen molar-refractivity contribution in [1.29, 1.82) is 0 Å². The second kappa shape index (κ2) is 9.11. The molecule has 7 rings (SSSR count). The van der Waals surface area contributed by atoms with Crippen molar-refractivity contribution in [2.75, 3.05) is 0 Å². The van der Waals surface area contributed by atoms with Gasteiger partial charge in [-0.2, -0.15) is 5.10 Å². The largest absolute Gasteiger partial charge is 0.487 e. The third kappa shape index (κ3) is 4.08. The van der Waals surface area contributed by atoms with Gasteiger partial charge >= 0.3 is 0 Å². The zero-order valence-corrected chi connectivity index (χ0v) is 22.3. The van der Waals surface area contributed by atoms with E-state index in [-0.39, 0.29) is 5.92 Å². The minimum absolute atomic E-state index is 0.228. The topological polar surface area (TPSA) is 108 Å². The summed E-state index contributed by atoms with van der Waals surface area (Å²) in [6.07, 6.45) is 5.42. The Morgan fingerprint density at radius 3 is 2.82 bits per heavy atom. The summed E-state index contributed by atoms with van der Waals surface area (Å²) in [4.78, 5) is 9.50. The number of ether oxygens (including phenoxy) is 2. The number of halogens is 2. The van der Waals surface area contributed by atoms with Gasteiger partial charge in [0.15, 0.2) is 11.5 Å². The van der Waals surface area contributed by atoms with Crippen LogP contribution in [-0.2, 0) is 13.7 Å². The monoisotopic (exact) mass is 558 g/mol. The number of benzene rings is 2. The van der Waals surface area contributed by atoms with Crippen molar-refractivity contribution < 1.29 is 9.47 Å². The number of hydrogen-bond donors (Lipinski definition) is 1. The predicted molar refractivity (Wildman–Crippen MR) is 145 cm³/mol. The van der Waals surface area contributed by atoms with Gasteiger partial charge in [-0.05, 0) is 36.8 Å². The average molecular weight is 559 g/mol. The maximum atomic E-state index is 6.26. The minimum atomic E-state index is -0.228. The molecule has 1 N–H and O–H groups in total.